The van der Waals surface area contributed by atoms with E-state index in [-0.39, 0.29) is 18.0 Å². The number of piperidine rings is 1. The third-order valence-corrected chi connectivity index (χ3v) is 8.51. The molecule has 0 aliphatic carbocycles. The van der Waals surface area contributed by atoms with Gasteiger partial charge in [0.05, 0.1) is 36.2 Å². The van der Waals surface area contributed by atoms with Crippen molar-refractivity contribution in [2.24, 2.45) is 0 Å². The van der Waals surface area contributed by atoms with Crippen molar-refractivity contribution < 1.29 is 13.9 Å². The Morgan fingerprint density at radius 1 is 1.00 bits per heavy atom. The quantitative estimate of drug-likeness (QED) is 0.199. The van der Waals surface area contributed by atoms with Gasteiger partial charge in [0.2, 0.25) is 5.95 Å². The molecule has 234 valence electrons. The Balaban J connectivity index is 1.36. The molecule has 8 nitrogen and oxygen atoms in total. The molecule has 0 radical (unpaired) electrons. The molecule has 3 aromatic carbocycles. The SMILES string of the molecule is C=CC(=O)Cc1ccc(C#N)c(-c2nc(Nc3cccc(N4CCCCC4)c3)ncc2Cc2ccc(N3CCOCC3)c(F)c2)c1. The summed E-state index contributed by atoms with van der Waals surface area (Å²) in [6, 6.07) is 21.1. The number of anilines is 4. The Kier molecular flexibility index (Phi) is 9.65. The lowest BCUT2D eigenvalue weighted by molar-refractivity contribution is -0.114. The van der Waals surface area contributed by atoms with Gasteiger partial charge in [0.25, 0.3) is 0 Å². The number of nitrogens with one attached hydrogen (secondary N) is 1. The molecule has 6 rings (SSSR count). The Labute approximate surface area is 269 Å². The van der Waals surface area contributed by atoms with E-state index in [9.17, 15) is 10.1 Å². The molecule has 0 amide bonds. The van der Waals surface area contributed by atoms with Crippen LogP contribution in [0.25, 0.3) is 11.3 Å². The van der Waals surface area contributed by atoms with Crippen LogP contribution >= 0.6 is 0 Å². The summed E-state index contributed by atoms with van der Waals surface area (Å²) in [6.45, 7) is 8.10. The summed E-state index contributed by atoms with van der Waals surface area (Å²) in [5.41, 5.74) is 6.34. The van der Waals surface area contributed by atoms with Gasteiger partial charge in [0, 0.05) is 67.7 Å². The summed E-state index contributed by atoms with van der Waals surface area (Å²) >= 11 is 0. The zero-order valence-corrected chi connectivity index (χ0v) is 25.8. The van der Waals surface area contributed by atoms with E-state index in [0.717, 1.165) is 41.2 Å². The fourth-order valence-corrected chi connectivity index (χ4v) is 6.10. The number of allylic oxidation sites excluding steroid dienone is 1. The number of benzene rings is 3. The van der Waals surface area contributed by atoms with Gasteiger partial charge in [-0.3, -0.25) is 4.79 Å². The molecule has 0 unspecified atom stereocenters. The summed E-state index contributed by atoms with van der Waals surface area (Å²) in [7, 11) is 0. The third-order valence-electron chi connectivity index (χ3n) is 8.51. The number of nitriles is 1. The minimum atomic E-state index is -0.295. The van der Waals surface area contributed by atoms with Gasteiger partial charge in [-0.15, -0.1) is 0 Å². The van der Waals surface area contributed by atoms with Crippen molar-refractivity contribution in [2.75, 3.05) is 54.5 Å². The molecule has 1 aromatic heterocycles. The maximum absolute atomic E-state index is 15.4. The zero-order chi connectivity index (χ0) is 31.9. The fourth-order valence-electron chi connectivity index (χ4n) is 6.10. The van der Waals surface area contributed by atoms with E-state index in [1.54, 1.807) is 24.4 Å². The van der Waals surface area contributed by atoms with Gasteiger partial charge >= 0.3 is 0 Å². The summed E-state index contributed by atoms with van der Waals surface area (Å²) in [5, 5.41) is 13.4. The molecule has 0 bridgehead atoms. The molecule has 0 atom stereocenters. The van der Waals surface area contributed by atoms with E-state index in [4.69, 9.17) is 9.72 Å². The van der Waals surface area contributed by atoms with Crippen LogP contribution in [0, 0.1) is 17.1 Å². The van der Waals surface area contributed by atoms with Crippen molar-refractivity contribution in [3.8, 4) is 17.3 Å². The molecule has 2 aliphatic heterocycles. The highest BCUT2D eigenvalue weighted by atomic mass is 19.1. The van der Waals surface area contributed by atoms with E-state index >= 15 is 4.39 Å². The van der Waals surface area contributed by atoms with E-state index in [2.05, 4.69) is 40.0 Å². The number of nitrogens with zero attached hydrogens (tertiary/aromatic N) is 5. The lowest BCUT2D eigenvalue weighted by atomic mass is 9.94. The minimum Gasteiger partial charge on any atom is -0.378 e. The summed E-state index contributed by atoms with van der Waals surface area (Å²) in [5.74, 6) is -0.0402. The van der Waals surface area contributed by atoms with Gasteiger partial charge in [0.15, 0.2) is 5.78 Å². The van der Waals surface area contributed by atoms with Crippen LogP contribution in [0.2, 0.25) is 0 Å². The molecular formula is C37H37FN6O2. The van der Waals surface area contributed by atoms with Gasteiger partial charge in [0.1, 0.15) is 5.82 Å². The van der Waals surface area contributed by atoms with Gasteiger partial charge in [-0.05, 0) is 78.9 Å². The van der Waals surface area contributed by atoms with Crippen LogP contribution in [0.5, 0.6) is 0 Å². The summed E-state index contributed by atoms with van der Waals surface area (Å²) in [4.78, 5) is 26.2. The second-order valence-corrected chi connectivity index (χ2v) is 11.7. The normalized spacial score (nSPS) is 14.9. The van der Waals surface area contributed by atoms with Crippen molar-refractivity contribution >= 4 is 28.8 Å². The highest BCUT2D eigenvalue weighted by Gasteiger charge is 2.19. The van der Waals surface area contributed by atoms with E-state index in [0.29, 0.717) is 61.2 Å². The maximum atomic E-state index is 15.4. The summed E-state index contributed by atoms with van der Waals surface area (Å²) in [6.07, 6.45) is 7.16. The first-order chi connectivity index (χ1) is 22.5. The number of aromatic nitrogens is 2. The van der Waals surface area contributed by atoms with Gasteiger partial charge in [-0.25, -0.2) is 14.4 Å². The molecule has 4 aromatic rings. The lowest BCUT2D eigenvalue weighted by Crippen LogP contribution is -2.36. The number of ether oxygens (including phenoxy) is 1. The number of hydrogen-bond donors (Lipinski definition) is 1. The molecule has 0 saturated carbocycles. The van der Waals surface area contributed by atoms with E-state index < -0.39 is 0 Å². The van der Waals surface area contributed by atoms with Crippen LogP contribution in [-0.4, -0.2) is 55.1 Å². The van der Waals surface area contributed by atoms with Gasteiger partial charge in [-0.2, -0.15) is 5.26 Å². The topological polar surface area (TPSA) is 94.4 Å². The lowest BCUT2D eigenvalue weighted by Gasteiger charge is -2.29. The first-order valence-corrected chi connectivity index (χ1v) is 15.8. The number of carbonyl (C=O) groups excluding carboxylic acids is 1. The average Bonchev–Trinajstić information content (AvgIpc) is 3.10. The number of morpholine rings is 1. The van der Waals surface area contributed by atoms with Crippen LogP contribution in [-0.2, 0) is 22.4 Å². The molecular weight excluding hydrogens is 579 g/mol. The Morgan fingerprint density at radius 3 is 2.57 bits per heavy atom. The second kappa shape index (κ2) is 14.4. The monoisotopic (exact) mass is 616 g/mol. The first kappa shape index (κ1) is 30.9. The predicted octanol–water partition coefficient (Wildman–Crippen LogP) is 6.61. The number of hydrogen-bond acceptors (Lipinski definition) is 8. The van der Waals surface area contributed by atoms with Crippen LogP contribution in [0.3, 0.4) is 0 Å². The zero-order valence-electron chi connectivity index (χ0n) is 25.8. The largest absolute Gasteiger partial charge is 0.378 e. The molecule has 2 aliphatic rings. The number of rotatable bonds is 10. The molecule has 9 heteroatoms. The van der Waals surface area contributed by atoms with Crippen LogP contribution in [0.4, 0.5) is 27.4 Å². The average molecular weight is 617 g/mol. The van der Waals surface area contributed by atoms with Crippen molar-refractivity contribution in [3.63, 3.8) is 0 Å². The summed E-state index contributed by atoms with van der Waals surface area (Å²) < 4.78 is 20.8. The van der Waals surface area contributed by atoms with Crippen molar-refractivity contribution in [2.45, 2.75) is 32.1 Å². The highest BCUT2D eigenvalue weighted by Crippen LogP contribution is 2.31. The Morgan fingerprint density at radius 2 is 1.80 bits per heavy atom. The van der Waals surface area contributed by atoms with E-state index in [1.807, 2.05) is 35.2 Å². The Bertz CT molecular complexity index is 1770. The Hall–Kier alpha value is -5.07. The standard InChI is InChI=1S/C37H37FN6O2/c1-2-32(45)20-27-9-11-28(24-39)33(21-27)36-29(19-26-10-12-35(34(38)22-26)44-15-17-46-18-16-44)25-40-37(42-36)41-30-7-6-8-31(23-30)43-13-4-3-5-14-43/h2,6-12,21-23,25H,1,3-5,13-20H2,(H,40,41,42). The maximum Gasteiger partial charge on any atom is 0.227 e. The first-order valence-electron chi connectivity index (χ1n) is 15.8. The van der Waals surface area contributed by atoms with E-state index in [1.165, 1.54) is 25.3 Å². The number of halogens is 1. The molecule has 3 heterocycles. The fraction of sp³-hybridized carbons (Fsp3) is 0.297. The second-order valence-electron chi connectivity index (χ2n) is 11.7. The van der Waals surface area contributed by atoms with Crippen LogP contribution < -0.4 is 15.1 Å². The number of ketones is 1. The van der Waals surface area contributed by atoms with Crippen LogP contribution in [0.15, 0.2) is 79.5 Å². The number of carbonyl (C=O) groups is 1. The third kappa shape index (κ3) is 7.24. The molecule has 2 fully saturated rings. The van der Waals surface area contributed by atoms with Crippen molar-refractivity contribution in [1.82, 2.24) is 9.97 Å². The van der Waals surface area contributed by atoms with Gasteiger partial charge < -0.3 is 19.9 Å². The van der Waals surface area contributed by atoms with Crippen molar-refractivity contribution in [1.29, 1.82) is 5.26 Å². The minimum absolute atomic E-state index is 0.120. The molecule has 0 spiro atoms. The predicted molar refractivity (Wildman–Crippen MR) is 179 cm³/mol. The van der Waals surface area contributed by atoms with Crippen molar-refractivity contribution in [3.05, 3.63) is 108 Å². The molecule has 46 heavy (non-hydrogen) atoms. The smallest absolute Gasteiger partial charge is 0.227 e. The van der Waals surface area contributed by atoms with Gasteiger partial charge in [-0.1, -0.05) is 24.8 Å². The highest BCUT2D eigenvalue weighted by molar-refractivity contribution is 5.91. The molecule has 2 saturated heterocycles. The van der Waals surface area contributed by atoms with Crippen LogP contribution in [0.1, 0.15) is 41.5 Å². The molecule has 1 N–H and O–H groups in total.